The molecule has 0 aromatic heterocycles. The Balaban J connectivity index is 1.89. The minimum atomic E-state index is -0.489. The molecule has 2 aromatic rings. The Kier molecular flexibility index (Phi) is 6.46. The lowest BCUT2D eigenvalue weighted by molar-refractivity contribution is 0.1000. The second-order valence-corrected chi connectivity index (χ2v) is 5.15. The van der Waals surface area contributed by atoms with Gasteiger partial charge in [0.1, 0.15) is 11.5 Å². The molecule has 0 aliphatic rings. The van der Waals surface area contributed by atoms with Gasteiger partial charge < -0.3 is 25.8 Å². The van der Waals surface area contributed by atoms with Crippen LogP contribution in [0.2, 0.25) is 0 Å². The summed E-state index contributed by atoms with van der Waals surface area (Å²) < 4.78 is 10.3. The van der Waals surface area contributed by atoms with Gasteiger partial charge in [-0.15, -0.1) is 0 Å². The molecule has 2 rings (SSSR count). The van der Waals surface area contributed by atoms with E-state index in [1.165, 1.54) is 14.2 Å². The van der Waals surface area contributed by atoms with E-state index in [4.69, 9.17) is 15.2 Å². The van der Waals surface area contributed by atoms with Crippen LogP contribution in [0.5, 0.6) is 11.5 Å². The van der Waals surface area contributed by atoms with Crippen molar-refractivity contribution in [2.24, 2.45) is 5.73 Å². The van der Waals surface area contributed by atoms with Gasteiger partial charge in [-0.2, -0.15) is 0 Å². The van der Waals surface area contributed by atoms with Crippen molar-refractivity contribution in [3.63, 3.8) is 0 Å². The zero-order valence-corrected chi connectivity index (χ0v) is 14.5. The summed E-state index contributed by atoms with van der Waals surface area (Å²) in [5, 5.41) is 5.31. The largest absolute Gasteiger partial charge is 0.497 e. The molecule has 0 fully saturated rings. The van der Waals surface area contributed by atoms with E-state index in [0.29, 0.717) is 22.7 Å². The third-order valence-electron chi connectivity index (χ3n) is 3.35. The number of primary amides is 1. The number of anilines is 1. The molecule has 3 amide bonds. The van der Waals surface area contributed by atoms with Gasteiger partial charge in [-0.1, -0.05) is 11.8 Å². The molecule has 134 valence electrons. The topological polar surface area (TPSA) is 103 Å². The summed E-state index contributed by atoms with van der Waals surface area (Å²) in [5.74, 6) is 6.35. The molecule has 0 aliphatic heterocycles. The maximum atomic E-state index is 11.9. The molecule has 0 aliphatic carbocycles. The lowest BCUT2D eigenvalue weighted by atomic mass is 10.1. The Morgan fingerprint density at radius 3 is 2.19 bits per heavy atom. The Bertz CT molecular complexity index is 829. The minimum absolute atomic E-state index is 0.157. The number of benzene rings is 2. The number of ether oxygens (including phenoxy) is 2. The average molecular weight is 353 g/mol. The number of methoxy groups -OCH3 is 2. The van der Waals surface area contributed by atoms with Crippen molar-refractivity contribution in [3.05, 3.63) is 53.6 Å². The molecule has 0 saturated heterocycles. The Morgan fingerprint density at radius 2 is 1.65 bits per heavy atom. The fourth-order valence-electron chi connectivity index (χ4n) is 2.04. The highest BCUT2D eigenvalue weighted by Crippen LogP contribution is 2.25. The third kappa shape index (κ3) is 5.46. The highest BCUT2D eigenvalue weighted by molar-refractivity contribution is 5.92. The normalized spacial score (nSPS) is 9.46. The van der Waals surface area contributed by atoms with Crippen LogP contribution in [-0.4, -0.2) is 32.7 Å². The molecule has 2 aromatic carbocycles. The third-order valence-corrected chi connectivity index (χ3v) is 3.35. The van der Waals surface area contributed by atoms with E-state index >= 15 is 0 Å². The SMILES string of the molecule is COc1cc(NC(=O)NCC#Cc2ccc(C(N)=O)cc2)cc(OC)c1. The molecule has 0 saturated carbocycles. The van der Waals surface area contributed by atoms with Crippen LogP contribution < -0.4 is 25.8 Å². The summed E-state index contributed by atoms with van der Waals surface area (Å²) in [6.45, 7) is 0.157. The summed E-state index contributed by atoms with van der Waals surface area (Å²) in [6, 6.07) is 11.2. The first kappa shape index (κ1) is 18.7. The Labute approximate surface area is 151 Å². The van der Waals surface area contributed by atoms with Gasteiger partial charge in [0.05, 0.1) is 20.8 Å². The summed E-state index contributed by atoms with van der Waals surface area (Å²) >= 11 is 0. The van der Waals surface area contributed by atoms with E-state index in [1.807, 2.05) is 0 Å². The summed E-state index contributed by atoms with van der Waals surface area (Å²) in [7, 11) is 3.06. The van der Waals surface area contributed by atoms with Gasteiger partial charge in [-0.05, 0) is 24.3 Å². The van der Waals surface area contributed by atoms with E-state index in [-0.39, 0.29) is 6.54 Å². The molecule has 7 nitrogen and oxygen atoms in total. The van der Waals surface area contributed by atoms with Crippen molar-refractivity contribution in [1.29, 1.82) is 0 Å². The predicted molar refractivity (Wildman–Crippen MR) is 98.4 cm³/mol. The van der Waals surface area contributed by atoms with Crippen LogP contribution in [0.1, 0.15) is 15.9 Å². The zero-order chi connectivity index (χ0) is 18.9. The molecule has 4 N–H and O–H groups in total. The van der Waals surface area contributed by atoms with Gasteiger partial charge in [0, 0.05) is 35.0 Å². The van der Waals surface area contributed by atoms with E-state index in [2.05, 4.69) is 22.5 Å². The van der Waals surface area contributed by atoms with E-state index < -0.39 is 11.9 Å². The number of hydrogen-bond donors (Lipinski definition) is 3. The van der Waals surface area contributed by atoms with Crippen molar-refractivity contribution in [2.75, 3.05) is 26.1 Å². The van der Waals surface area contributed by atoms with Crippen LogP contribution in [0.25, 0.3) is 0 Å². The molecule has 0 heterocycles. The van der Waals surface area contributed by atoms with Crippen LogP contribution in [0.15, 0.2) is 42.5 Å². The Hall–Kier alpha value is -3.66. The first-order valence-corrected chi connectivity index (χ1v) is 7.68. The van der Waals surface area contributed by atoms with Gasteiger partial charge in [0.25, 0.3) is 0 Å². The van der Waals surface area contributed by atoms with E-state index in [9.17, 15) is 9.59 Å². The number of carbonyl (C=O) groups is 2. The summed E-state index contributed by atoms with van der Waals surface area (Å²) in [6.07, 6.45) is 0. The number of hydrogen-bond acceptors (Lipinski definition) is 4. The molecule has 0 bridgehead atoms. The van der Waals surface area contributed by atoms with Crippen molar-refractivity contribution < 1.29 is 19.1 Å². The maximum absolute atomic E-state index is 11.9. The van der Waals surface area contributed by atoms with Gasteiger partial charge in [-0.25, -0.2) is 4.79 Å². The number of nitrogens with two attached hydrogens (primary N) is 1. The zero-order valence-electron chi connectivity index (χ0n) is 14.5. The first-order valence-electron chi connectivity index (χ1n) is 7.68. The predicted octanol–water partition coefficient (Wildman–Crippen LogP) is 1.98. The van der Waals surface area contributed by atoms with Crippen molar-refractivity contribution in [1.82, 2.24) is 5.32 Å². The Morgan fingerprint density at radius 1 is 1.04 bits per heavy atom. The maximum Gasteiger partial charge on any atom is 0.319 e. The van der Waals surface area contributed by atoms with Gasteiger partial charge in [-0.3, -0.25) is 4.79 Å². The number of urea groups is 1. The summed E-state index contributed by atoms with van der Waals surface area (Å²) in [4.78, 5) is 22.9. The highest BCUT2D eigenvalue weighted by atomic mass is 16.5. The first-order chi connectivity index (χ1) is 12.5. The lowest BCUT2D eigenvalue weighted by Crippen LogP contribution is -2.28. The fourth-order valence-corrected chi connectivity index (χ4v) is 2.04. The molecule has 0 atom stereocenters. The number of amides is 3. The lowest BCUT2D eigenvalue weighted by Gasteiger charge is -2.09. The second-order valence-electron chi connectivity index (χ2n) is 5.15. The van der Waals surface area contributed by atoms with Gasteiger partial charge in [0.15, 0.2) is 0 Å². The van der Waals surface area contributed by atoms with Crippen molar-refractivity contribution >= 4 is 17.6 Å². The standard InChI is InChI=1S/C19H19N3O4/c1-25-16-10-15(11-17(12-16)26-2)22-19(24)21-9-3-4-13-5-7-14(8-6-13)18(20)23/h5-8,10-12H,9H2,1-2H3,(H2,20,23)(H2,21,22,24). The molecule has 7 heteroatoms. The number of rotatable bonds is 5. The minimum Gasteiger partial charge on any atom is -0.497 e. The number of nitrogens with one attached hydrogen (secondary N) is 2. The average Bonchev–Trinajstić information content (AvgIpc) is 2.65. The van der Waals surface area contributed by atoms with Crippen LogP contribution in [0.4, 0.5) is 10.5 Å². The van der Waals surface area contributed by atoms with Gasteiger partial charge in [0.2, 0.25) is 5.91 Å². The van der Waals surface area contributed by atoms with Gasteiger partial charge >= 0.3 is 6.03 Å². The van der Waals surface area contributed by atoms with E-state index in [0.717, 1.165) is 5.56 Å². The molecule has 26 heavy (non-hydrogen) atoms. The molecular weight excluding hydrogens is 334 g/mol. The molecule has 0 spiro atoms. The van der Waals surface area contributed by atoms with Crippen LogP contribution in [0.3, 0.4) is 0 Å². The van der Waals surface area contributed by atoms with Crippen LogP contribution >= 0.6 is 0 Å². The highest BCUT2D eigenvalue weighted by Gasteiger charge is 2.05. The monoisotopic (exact) mass is 353 g/mol. The molecule has 0 unspecified atom stereocenters. The van der Waals surface area contributed by atoms with E-state index in [1.54, 1.807) is 42.5 Å². The van der Waals surface area contributed by atoms with Crippen molar-refractivity contribution in [3.8, 4) is 23.3 Å². The van der Waals surface area contributed by atoms with Crippen LogP contribution in [-0.2, 0) is 0 Å². The smallest absolute Gasteiger partial charge is 0.319 e. The number of carbonyl (C=O) groups excluding carboxylic acids is 2. The van der Waals surface area contributed by atoms with Crippen LogP contribution in [0, 0.1) is 11.8 Å². The summed E-state index contributed by atoms with van der Waals surface area (Å²) in [5.41, 5.74) is 6.84. The quantitative estimate of drug-likeness (QED) is 0.715. The second kappa shape index (κ2) is 8.99. The molecule has 0 radical (unpaired) electrons. The molecular formula is C19H19N3O4. The fraction of sp³-hybridized carbons (Fsp3) is 0.158. The van der Waals surface area contributed by atoms with Crippen molar-refractivity contribution in [2.45, 2.75) is 0 Å².